The number of hydrogen-bond acceptors (Lipinski definition) is 5. The average Bonchev–Trinajstić information content (AvgIpc) is 2.30. The maximum absolute atomic E-state index is 11.2. The molecule has 0 aromatic heterocycles. The first kappa shape index (κ1) is 13.2. The van der Waals surface area contributed by atoms with Crippen molar-refractivity contribution >= 4 is 11.8 Å². The molecule has 94 valence electrons. The Bertz CT molecular complexity index is 360. The van der Waals surface area contributed by atoms with E-state index in [-0.39, 0.29) is 12.4 Å². The number of hydrogen-bond donors (Lipinski definition) is 2. The van der Waals surface area contributed by atoms with Crippen molar-refractivity contribution in [3.63, 3.8) is 0 Å². The van der Waals surface area contributed by atoms with E-state index in [1.54, 1.807) is 6.92 Å². The topological polar surface area (TPSA) is 93.9 Å². The lowest BCUT2D eigenvalue weighted by Crippen LogP contribution is -2.34. The first-order valence-electron chi connectivity index (χ1n) is 5.52. The van der Waals surface area contributed by atoms with Crippen LogP contribution in [0.15, 0.2) is 28.9 Å². The predicted octanol–water partition coefficient (Wildman–Crippen LogP) is 0.274. The van der Waals surface area contributed by atoms with Crippen molar-refractivity contribution in [1.82, 2.24) is 5.12 Å². The molecule has 0 aliphatic heterocycles. The quantitative estimate of drug-likeness (QED) is 0.241. The highest BCUT2D eigenvalue weighted by molar-refractivity contribution is 6.34. The summed E-state index contributed by atoms with van der Waals surface area (Å²) in [6.45, 7) is 2.37. The van der Waals surface area contributed by atoms with Crippen LogP contribution in [0.3, 0.4) is 0 Å². The molecule has 0 saturated heterocycles. The predicted molar refractivity (Wildman–Crippen MR) is 65.6 cm³/mol. The van der Waals surface area contributed by atoms with Gasteiger partial charge in [-0.2, -0.15) is 0 Å². The van der Waals surface area contributed by atoms with Gasteiger partial charge >= 0.3 is 5.97 Å². The molecule has 6 nitrogen and oxygen atoms in total. The minimum atomic E-state index is -0.656. The van der Waals surface area contributed by atoms with Crippen LogP contribution in [0, 0.1) is 0 Å². The number of nitrogens with zero attached hydrogens (tertiary/aromatic N) is 2. The van der Waals surface area contributed by atoms with Gasteiger partial charge in [0.2, 0.25) is 5.84 Å². The Kier molecular flexibility index (Phi) is 5.22. The van der Waals surface area contributed by atoms with Crippen LogP contribution < -0.4 is 11.6 Å². The molecule has 0 atom stereocenters. The fraction of sp³-hybridized carbons (Fsp3) is 0.455. The fourth-order valence-electron chi connectivity index (χ4n) is 1.39. The summed E-state index contributed by atoms with van der Waals surface area (Å²) in [5.41, 5.74) is 6.48. The lowest BCUT2D eigenvalue weighted by Gasteiger charge is -2.15. The van der Waals surface area contributed by atoms with E-state index in [9.17, 15) is 4.79 Å². The van der Waals surface area contributed by atoms with Crippen molar-refractivity contribution in [2.45, 2.75) is 19.8 Å². The second-order valence-corrected chi connectivity index (χ2v) is 3.56. The van der Waals surface area contributed by atoms with Gasteiger partial charge in [-0.05, 0) is 25.3 Å². The van der Waals surface area contributed by atoms with E-state index in [4.69, 9.17) is 11.6 Å². The van der Waals surface area contributed by atoms with E-state index in [1.165, 1.54) is 0 Å². The van der Waals surface area contributed by atoms with Crippen LogP contribution in [0.4, 0.5) is 0 Å². The van der Waals surface area contributed by atoms with Gasteiger partial charge in [-0.25, -0.2) is 15.8 Å². The normalized spacial score (nSPS) is 15.4. The van der Waals surface area contributed by atoms with E-state index >= 15 is 0 Å². The molecule has 17 heavy (non-hydrogen) atoms. The van der Waals surface area contributed by atoms with E-state index in [0.29, 0.717) is 6.54 Å². The summed E-state index contributed by atoms with van der Waals surface area (Å²) in [4.78, 5) is 11.2. The van der Waals surface area contributed by atoms with Crippen LogP contribution in [0.2, 0.25) is 0 Å². The number of nitrogens with two attached hydrogens (primary N) is 2. The van der Waals surface area contributed by atoms with Crippen LogP contribution in [-0.4, -0.2) is 30.1 Å². The number of rotatable bonds is 4. The van der Waals surface area contributed by atoms with Gasteiger partial charge in [0.05, 0.1) is 13.2 Å². The van der Waals surface area contributed by atoms with Gasteiger partial charge in [0.15, 0.2) is 0 Å². The zero-order chi connectivity index (χ0) is 12.7. The Hall–Kier alpha value is -1.82. The summed E-state index contributed by atoms with van der Waals surface area (Å²) >= 11 is 0. The van der Waals surface area contributed by atoms with Crippen molar-refractivity contribution < 1.29 is 9.53 Å². The highest BCUT2D eigenvalue weighted by Gasteiger charge is 2.09. The lowest BCUT2D eigenvalue weighted by molar-refractivity contribution is -0.135. The molecule has 1 aliphatic rings. The summed E-state index contributed by atoms with van der Waals surface area (Å²) in [7, 11) is 0. The Morgan fingerprint density at radius 2 is 2.35 bits per heavy atom. The molecule has 4 N–H and O–H groups in total. The summed E-state index contributed by atoms with van der Waals surface area (Å²) < 4.78 is 4.69. The molecule has 1 aliphatic carbocycles. The third-order valence-electron chi connectivity index (χ3n) is 2.14. The van der Waals surface area contributed by atoms with Gasteiger partial charge in [0.1, 0.15) is 0 Å². The highest BCUT2D eigenvalue weighted by Crippen LogP contribution is 2.09. The van der Waals surface area contributed by atoms with Crippen LogP contribution in [0.5, 0.6) is 0 Å². The molecule has 0 amide bonds. The van der Waals surface area contributed by atoms with Gasteiger partial charge in [-0.1, -0.05) is 18.2 Å². The Morgan fingerprint density at radius 1 is 1.59 bits per heavy atom. The number of carbonyl (C=O) groups is 1. The maximum Gasteiger partial charge on any atom is 0.375 e. The number of carbonyl (C=O) groups excluding carboxylic acids is 1. The Labute approximate surface area is 101 Å². The van der Waals surface area contributed by atoms with Gasteiger partial charge in [0, 0.05) is 0 Å². The molecule has 1 rings (SSSR count). The number of hydrazine groups is 1. The van der Waals surface area contributed by atoms with Crippen molar-refractivity contribution in [1.29, 1.82) is 0 Å². The second-order valence-electron chi connectivity index (χ2n) is 3.56. The molecule has 0 heterocycles. The summed E-state index contributed by atoms with van der Waals surface area (Å²) in [5, 5.41) is 4.88. The van der Waals surface area contributed by atoms with Crippen molar-refractivity contribution in [2.75, 3.05) is 13.2 Å². The first-order chi connectivity index (χ1) is 8.13. The van der Waals surface area contributed by atoms with Crippen LogP contribution >= 0.6 is 0 Å². The zero-order valence-electron chi connectivity index (χ0n) is 9.93. The first-order valence-corrected chi connectivity index (χ1v) is 5.52. The van der Waals surface area contributed by atoms with E-state index in [1.807, 2.05) is 6.08 Å². The molecule has 0 aromatic rings. The molecule has 0 saturated carbocycles. The van der Waals surface area contributed by atoms with Crippen molar-refractivity contribution in [3.05, 3.63) is 23.8 Å². The molecule has 6 heteroatoms. The number of allylic oxidation sites excluding steroid dienone is 2. The van der Waals surface area contributed by atoms with Crippen LogP contribution in [0.25, 0.3) is 0 Å². The smallest absolute Gasteiger partial charge is 0.375 e. The molecule has 0 unspecified atom stereocenters. The minimum absolute atomic E-state index is 0.241. The Morgan fingerprint density at radius 3 is 2.94 bits per heavy atom. The van der Waals surface area contributed by atoms with Crippen LogP contribution in [0.1, 0.15) is 19.8 Å². The van der Waals surface area contributed by atoms with Crippen LogP contribution in [-0.2, 0) is 9.53 Å². The van der Waals surface area contributed by atoms with E-state index in [2.05, 4.69) is 22.0 Å². The SMILES string of the molecule is CCOC(=O)/C(N)=N/N(N)CC1=CCCC=C1. The number of esters is 1. The third-order valence-corrected chi connectivity index (χ3v) is 2.14. The molecule has 0 bridgehead atoms. The minimum Gasteiger partial charge on any atom is -0.460 e. The number of hydrazone groups is 1. The number of amidine groups is 1. The average molecular weight is 238 g/mol. The van der Waals surface area contributed by atoms with E-state index < -0.39 is 5.97 Å². The van der Waals surface area contributed by atoms with Gasteiger partial charge in [-0.15, -0.1) is 5.10 Å². The molecule has 0 spiro atoms. The van der Waals surface area contributed by atoms with Gasteiger partial charge in [0.25, 0.3) is 0 Å². The molecular weight excluding hydrogens is 220 g/mol. The molecular formula is C11H18N4O2. The third kappa shape index (κ3) is 4.69. The van der Waals surface area contributed by atoms with Crippen molar-refractivity contribution in [3.8, 4) is 0 Å². The highest BCUT2D eigenvalue weighted by atomic mass is 16.5. The summed E-state index contributed by atoms with van der Waals surface area (Å²) in [5.74, 6) is 4.73. The maximum atomic E-state index is 11.2. The molecule has 0 radical (unpaired) electrons. The fourth-order valence-corrected chi connectivity index (χ4v) is 1.39. The number of ether oxygens (including phenoxy) is 1. The monoisotopic (exact) mass is 238 g/mol. The van der Waals surface area contributed by atoms with Gasteiger partial charge < -0.3 is 10.5 Å². The van der Waals surface area contributed by atoms with Crippen molar-refractivity contribution in [2.24, 2.45) is 16.7 Å². The molecule has 0 aromatic carbocycles. The Balaban J connectivity index is 2.50. The summed E-state index contributed by atoms with van der Waals surface area (Å²) in [6, 6.07) is 0. The standard InChI is InChI=1S/C11H18N4O2/c1-2-17-11(16)10(12)14-15(13)8-9-6-4-3-5-7-9/h4,6-7H,2-3,5,8,13H2,1H3,(H2,12,14). The second kappa shape index (κ2) is 6.70. The van der Waals surface area contributed by atoms with E-state index in [0.717, 1.165) is 23.5 Å². The zero-order valence-corrected chi connectivity index (χ0v) is 9.93. The van der Waals surface area contributed by atoms with Gasteiger partial charge in [-0.3, -0.25) is 0 Å². The lowest BCUT2D eigenvalue weighted by atomic mass is 10.1. The summed E-state index contributed by atoms with van der Waals surface area (Å²) in [6.07, 6.45) is 8.18. The largest absolute Gasteiger partial charge is 0.460 e. The molecule has 0 fully saturated rings.